The summed E-state index contributed by atoms with van der Waals surface area (Å²) in [6.45, 7) is 4.36. The van der Waals surface area contributed by atoms with E-state index in [1.165, 1.54) is 13.0 Å². The summed E-state index contributed by atoms with van der Waals surface area (Å²) in [5.41, 5.74) is 6.54. The first-order valence-corrected chi connectivity index (χ1v) is 5.41. The Morgan fingerprint density at radius 1 is 1.27 bits per heavy atom. The Morgan fingerprint density at radius 3 is 2.93 bits per heavy atom. The Balaban J connectivity index is 2.09. The molecule has 1 aliphatic rings. The van der Waals surface area contributed by atoms with Gasteiger partial charge in [-0.05, 0) is 26.1 Å². The van der Waals surface area contributed by atoms with Gasteiger partial charge in [-0.3, -0.25) is 0 Å². The zero-order valence-corrected chi connectivity index (χ0v) is 9.19. The quantitative estimate of drug-likeness (QED) is 0.738. The molecular formula is C11H18N4. The van der Waals surface area contributed by atoms with Crippen molar-refractivity contribution < 1.29 is 0 Å². The fourth-order valence-electron chi connectivity index (χ4n) is 1.88. The Bertz CT molecular complexity index is 326. The number of likely N-dealkylation sites (N-methyl/N-ethyl adjacent to an activating group) is 1. The van der Waals surface area contributed by atoms with Gasteiger partial charge in [0.05, 0.1) is 0 Å². The Kier molecular flexibility index (Phi) is 3.06. The minimum atomic E-state index is 0.789. The van der Waals surface area contributed by atoms with Gasteiger partial charge in [-0.1, -0.05) is 0 Å². The molecule has 15 heavy (non-hydrogen) atoms. The van der Waals surface area contributed by atoms with Crippen LogP contribution in [0.2, 0.25) is 0 Å². The first-order chi connectivity index (χ1) is 7.25. The van der Waals surface area contributed by atoms with E-state index >= 15 is 0 Å². The van der Waals surface area contributed by atoms with Crippen molar-refractivity contribution in [2.24, 2.45) is 0 Å². The third-order valence-corrected chi connectivity index (χ3v) is 2.81. The van der Waals surface area contributed by atoms with E-state index < -0.39 is 0 Å². The molecule has 0 bridgehead atoms. The highest BCUT2D eigenvalue weighted by Gasteiger charge is 2.13. The highest BCUT2D eigenvalue weighted by atomic mass is 15.2. The van der Waals surface area contributed by atoms with Crippen LogP contribution in [0.15, 0.2) is 18.3 Å². The maximum absolute atomic E-state index is 5.75. The molecule has 1 aromatic heterocycles. The predicted molar refractivity (Wildman–Crippen MR) is 63.0 cm³/mol. The molecule has 2 rings (SSSR count). The van der Waals surface area contributed by atoms with Crippen LogP contribution >= 0.6 is 0 Å². The first-order valence-electron chi connectivity index (χ1n) is 5.41. The summed E-state index contributed by atoms with van der Waals surface area (Å²) >= 11 is 0. The zero-order valence-electron chi connectivity index (χ0n) is 9.19. The molecule has 0 aliphatic carbocycles. The lowest BCUT2D eigenvalue weighted by molar-refractivity contribution is 0.360. The Labute approximate surface area is 90.7 Å². The SMILES string of the molecule is CN1CCCN(c2cc(N)ccn2)CC1. The van der Waals surface area contributed by atoms with Gasteiger partial charge in [0.15, 0.2) is 0 Å². The Morgan fingerprint density at radius 2 is 2.13 bits per heavy atom. The molecule has 1 aliphatic heterocycles. The van der Waals surface area contributed by atoms with E-state index in [-0.39, 0.29) is 0 Å². The predicted octanol–water partition coefficient (Wildman–Crippen LogP) is 0.806. The van der Waals surface area contributed by atoms with Gasteiger partial charge in [0.25, 0.3) is 0 Å². The topological polar surface area (TPSA) is 45.4 Å². The van der Waals surface area contributed by atoms with E-state index in [9.17, 15) is 0 Å². The normalized spacial score (nSPS) is 18.9. The standard InChI is InChI=1S/C11H18N4/c1-14-5-2-6-15(8-7-14)11-9-10(12)3-4-13-11/h3-4,9H,2,5-8H2,1H3,(H2,12,13). The van der Waals surface area contributed by atoms with Crippen LogP contribution in [0.25, 0.3) is 0 Å². The number of anilines is 2. The molecule has 1 aromatic rings. The Hall–Kier alpha value is -1.29. The average molecular weight is 206 g/mol. The molecular weight excluding hydrogens is 188 g/mol. The lowest BCUT2D eigenvalue weighted by Gasteiger charge is -2.21. The van der Waals surface area contributed by atoms with E-state index in [0.717, 1.165) is 31.1 Å². The number of nitrogen functional groups attached to an aromatic ring is 1. The molecule has 2 heterocycles. The number of rotatable bonds is 1. The largest absolute Gasteiger partial charge is 0.399 e. The average Bonchev–Trinajstić information content (AvgIpc) is 2.43. The number of pyridine rings is 1. The van der Waals surface area contributed by atoms with Gasteiger partial charge in [-0.2, -0.15) is 0 Å². The van der Waals surface area contributed by atoms with Crippen molar-refractivity contribution >= 4 is 11.5 Å². The summed E-state index contributed by atoms with van der Waals surface area (Å²) in [5.74, 6) is 1.00. The maximum atomic E-state index is 5.75. The van der Waals surface area contributed by atoms with Crippen LogP contribution in [0.3, 0.4) is 0 Å². The van der Waals surface area contributed by atoms with E-state index in [2.05, 4.69) is 21.8 Å². The van der Waals surface area contributed by atoms with Crippen molar-refractivity contribution in [1.82, 2.24) is 9.88 Å². The monoisotopic (exact) mass is 206 g/mol. The second kappa shape index (κ2) is 4.49. The lowest BCUT2D eigenvalue weighted by Crippen LogP contribution is -2.29. The van der Waals surface area contributed by atoms with Crippen LogP contribution in [0.1, 0.15) is 6.42 Å². The maximum Gasteiger partial charge on any atom is 0.130 e. The van der Waals surface area contributed by atoms with Crippen LogP contribution in [0.5, 0.6) is 0 Å². The lowest BCUT2D eigenvalue weighted by atomic mass is 10.3. The molecule has 0 atom stereocenters. The van der Waals surface area contributed by atoms with E-state index in [0.29, 0.717) is 0 Å². The molecule has 1 saturated heterocycles. The van der Waals surface area contributed by atoms with Crippen LogP contribution in [-0.4, -0.2) is 43.1 Å². The second-order valence-electron chi connectivity index (χ2n) is 4.09. The summed E-state index contributed by atoms with van der Waals surface area (Å²) in [4.78, 5) is 9.02. The summed E-state index contributed by atoms with van der Waals surface area (Å²) in [6.07, 6.45) is 2.96. The van der Waals surface area contributed by atoms with E-state index in [1.807, 2.05) is 12.1 Å². The van der Waals surface area contributed by atoms with Gasteiger partial charge in [-0.15, -0.1) is 0 Å². The summed E-state index contributed by atoms with van der Waals surface area (Å²) < 4.78 is 0. The summed E-state index contributed by atoms with van der Waals surface area (Å²) in [5, 5.41) is 0. The fourth-order valence-corrected chi connectivity index (χ4v) is 1.88. The van der Waals surface area contributed by atoms with Gasteiger partial charge >= 0.3 is 0 Å². The van der Waals surface area contributed by atoms with Crippen molar-refractivity contribution in [1.29, 1.82) is 0 Å². The molecule has 0 amide bonds. The van der Waals surface area contributed by atoms with Crippen LogP contribution in [0, 0.1) is 0 Å². The van der Waals surface area contributed by atoms with Gasteiger partial charge < -0.3 is 15.5 Å². The molecule has 0 saturated carbocycles. The van der Waals surface area contributed by atoms with Gasteiger partial charge in [0.1, 0.15) is 5.82 Å². The molecule has 0 unspecified atom stereocenters. The van der Waals surface area contributed by atoms with Crippen molar-refractivity contribution in [2.75, 3.05) is 43.9 Å². The smallest absolute Gasteiger partial charge is 0.130 e. The molecule has 0 spiro atoms. The molecule has 4 nitrogen and oxygen atoms in total. The summed E-state index contributed by atoms with van der Waals surface area (Å²) in [6, 6.07) is 3.78. The summed E-state index contributed by atoms with van der Waals surface area (Å²) in [7, 11) is 2.16. The molecule has 0 aromatic carbocycles. The van der Waals surface area contributed by atoms with Crippen molar-refractivity contribution in [2.45, 2.75) is 6.42 Å². The van der Waals surface area contributed by atoms with Crippen molar-refractivity contribution in [3.63, 3.8) is 0 Å². The van der Waals surface area contributed by atoms with Crippen molar-refractivity contribution in [3.8, 4) is 0 Å². The highest BCUT2D eigenvalue weighted by molar-refractivity contribution is 5.50. The van der Waals surface area contributed by atoms with Gasteiger partial charge in [-0.25, -0.2) is 4.98 Å². The second-order valence-corrected chi connectivity index (χ2v) is 4.09. The van der Waals surface area contributed by atoms with Crippen LogP contribution < -0.4 is 10.6 Å². The third-order valence-electron chi connectivity index (χ3n) is 2.81. The number of nitrogens with two attached hydrogens (primary N) is 1. The van der Waals surface area contributed by atoms with Gasteiger partial charge in [0, 0.05) is 37.6 Å². The minimum absolute atomic E-state index is 0.789. The van der Waals surface area contributed by atoms with Gasteiger partial charge in [0.2, 0.25) is 0 Å². The third kappa shape index (κ3) is 2.59. The number of nitrogens with zero attached hydrogens (tertiary/aromatic N) is 3. The number of hydrogen-bond donors (Lipinski definition) is 1. The number of hydrogen-bond acceptors (Lipinski definition) is 4. The molecule has 2 N–H and O–H groups in total. The van der Waals surface area contributed by atoms with E-state index in [1.54, 1.807) is 6.20 Å². The molecule has 82 valence electrons. The van der Waals surface area contributed by atoms with Crippen molar-refractivity contribution in [3.05, 3.63) is 18.3 Å². The highest BCUT2D eigenvalue weighted by Crippen LogP contribution is 2.15. The number of aromatic nitrogens is 1. The molecule has 0 radical (unpaired) electrons. The zero-order chi connectivity index (χ0) is 10.7. The van der Waals surface area contributed by atoms with Crippen LogP contribution in [0.4, 0.5) is 11.5 Å². The van der Waals surface area contributed by atoms with Crippen LogP contribution in [-0.2, 0) is 0 Å². The minimum Gasteiger partial charge on any atom is -0.399 e. The molecule has 4 heteroatoms. The molecule has 1 fully saturated rings. The first kappa shape index (κ1) is 10.2. The van der Waals surface area contributed by atoms with E-state index in [4.69, 9.17) is 5.73 Å². The fraction of sp³-hybridized carbons (Fsp3) is 0.545.